The van der Waals surface area contributed by atoms with Crippen LogP contribution in [0.3, 0.4) is 0 Å². The largest absolute Gasteiger partial charge is 0.487 e. The maximum absolute atomic E-state index is 5.93. The fourth-order valence-electron chi connectivity index (χ4n) is 2.13. The molecule has 0 radical (unpaired) electrons. The van der Waals surface area contributed by atoms with Gasteiger partial charge >= 0.3 is 0 Å². The lowest BCUT2D eigenvalue weighted by molar-refractivity contribution is 0.205. The van der Waals surface area contributed by atoms with Gasteiger partial charge in [-0.3, -0.25) is 0 Å². The van der Waals surface area contributed by atoms with Crippen LogP contribution in [0, 0.1) is 0 Å². The Balaban J connectivity index is 2.15. The molecule has 0 amide bonds. The monoisotopic (exact) mass is 235 g/mol. The van der Waals surface area contributed by atoms with E-state index in [1.165, 1.54) is 12.8 Å². The lowest BCUT2D eigenvalue weighted by atomic mass is 10.2. The van der Waals surface area contributed by atoms with E-state index in [9.17, 15) is 0 Å². The van der Waals surface area contributed by atoms with Crippen molar-refractivity contribution in [2.45, 2.75) is 58.1 Å². The Hall–Kier alpha value is -1.16. The summed E-state index contributed by atoms with van der Waals surface area (Å²) >= 11 is 0. The maximum Gasteiger partial charge on any atom is 0.160 e. The van der Waals surface area contributed by atoms with Crippen molar-refractivity contribution < 1.29 is 4.74 Å². The fraction of sp³-hybridized carbons (Fsp3) is 0.692. The molecule has 4 nitrogen and oxygen atoms in total. The summed E-state index contributed by atoms with van der Waals surface area (Å²) in [6, 6.07) is 0. The van der Waals surface area contributed by atoms with Crippen molar-refractivity contribution in [1.29, 1.82) is 0 Å². The molecular weight excluding hydrogens is 214 g/mol. The van der Waals surface area contributed by atoms with Crippen LogP contribution in [0.5, 0.6) is 5.75 Å². The molecule has 2 N–H and O–H groups in total. The van der Waals surface area contributed by atoms with Crippen LogP contribution >= 0.6 is 0 Å². The zero-order valence-electron chi connectivity index (χ0n) is 10.6. The standard InChI is InChI=1S/C13H21N3O/c1-9(2)13-15-8-12(11(7-14)16-13)17-10-5-3-4-6-10/h8-10H,3-7,14H2,1-2H3. The van der Waals surface area contributed by atoms with Crippen LogP contribution in [0.15, 0.2) is 6.20 Å². The van der Waals surface area contributed by atoms with Crippen LogP contribution in [-0.2, 0) is 6.54 Å². The number of rotatable bonds is 4. The molecule has 1 aliphatic carbocycles. The highest BCUT2D eigenvalue weighted by atomic mass is 16.5. The van der Waals surface area contributed by atoms with Crippen molar-refractivity contribution in [1.82, 2.24) is 9.97 Å². The summed E-state index contributed by atoms with van der Waals surface area (Å²) in [4.78, 5) is 8.81. The molecular formula is C13H21N3O. The molecule has 2 rings (SSSR count). The van der Waals surface area contributed by atoms with E-state index in [1.807, 2.05) is 0 Å². The van der Waals surface area contributed by atoms with Crippen LogP contribution in [0.25, 0.3) is 0 Å². The third-order valence-electron chi connectivity index (χ3n) is 3.15. The van der Waals surface area contributed by atoms with E-state index in [1.54, 1.807) is 6.20 Å². The van der Waals surface area contributed by atoms with Gasteiger partial charge in [-0.1, -0.05) is 13.8 Å². The van der Waals surface area contributed by atoms with Gasteiger partial charge in [0.2, 0.25) is 0 Å². The first-order chi connectivity index (χ1) is 8.20. The average Bonchev–Trinajstić information content (AvgIpc) is 2.82. The SMILES string of the molecule is CC(C)c1ncc(OC2CCCC2)c(CN)n1. The van der Waals surface area contributed by atoms with Crippen molar-refractivity contribution in [3.63, 3.8) is 0 Å². The van der Waals surface area contributed by atoms with Gasteiger partial charge in [-0.25, -0.2) is 9.97 Å². The maximum atomic E-state index is 5.93. The topological polar surface area (TPSA) is 61.0 Å². The smallest absolute Gasteiger partial charge is 0.160 e. The number of nitrogens with zero attached hydrogens (tertiary/aromatic N) is 2. The van der Waals surface area contributed by atoms with E-state index in [4.69, 9.17) is 10.5 Å². The van der Waals surface area contributed by atoms with Gasteiger partial charge in [0.15, 0.2) is 5.75 Å². The molecule has 0 bridgehead atoms. The molecule has 0 unspecified atom stereocenters. The average molecular weight is 235 g/mol. The van der Waals surface area contributed by atoms with E-state index in [0.29, 0.717) is 18.6 Å². The second-order valence-electron chi connectivity index (χ2n) is 4.92. The number of ether oxygens (including phenoxy) is 1. The van der Waals surface area contributed by atoms with Crippen molar-refractivity contribution in [2.75, 3.05) is 0 Å². The summed E-state index contributed by atoms with van der Waals surface area (Å²) in [5.41, 5.74) is 6.55. The molecule has 1 saturated carbocycles. The Kier molecular flexibility index (Phi) is 3.94. The minimum absolute atomic E-state index is 0.320. The minimum atomic E-state index is 0.320. The number of nitrogens with two attached hydrogens (primary N) is 1. The van der Waals surface area contributed by atoms with E-state index in [-0.39, 0.29) is 0 Å². The lowest BCUT2D eigenvalue weighted by Crippen LogP contribution is -2.15. The molecule has 1 aromatic heterocycles. The van der Waals surface area contributed by atoms with Gasteiger partial charge in [-0.2, -0.15) is 0 Å². The number of hydrogen-bond acceptors (Lipinski definition) is 4. The summed E-state index contributed by atoms with van der Waals surface area (Å²) in [6.07, 6.45) is 6.89. The second kappa shape index (κ2) is 5.45. The van der Waals surface area contributed by atoms with Gasteiger partial charge < -0.3 is 10.5 Å². The molecule has 0 spiro atoms. The van der Waals surface area contributed by atoms with E-state index < -0.39 is 0 Å². The highest BCUT2D eigenvalue weighted by molar-refractivity contribution is 5.25. The molecule has 0 aromatic carbocycles. The van der Waals surface area contributed by atoms with Crippen LogP contribution < -0.4 is 10.5 Å². The minimum Gasteiger partial charge on any atom is -0.487 e. The third kappa shape index (κ3) is 2.94. The highest BCUT2D eigenvalue weighted by Crippen LogP contribution is 2.26. The quantitative estimate of drug-likeness (QED) is 0.870. The molecule has 1 heterocycles. The molecule has 0 saturated heterocycles. The van der Waals surface area contributed by atoms with Crippen LogP contribution in [-0.4, -0.2) is 16.1 Å². The Labute approximate surface area is 103 Å². The van der Waals surface area contributed by atoms with Crippen molar-refractivity contribution in [3.8, 4) is 5.75 Å². The molecule has 1 fully saturated rings. The summed E-state index contributed by atoms with van der Waals surface area (Å²) < 4.78 is 5.93. The number of hydrogen-bond donors (Lipinski definition) is 1. The van der Waals surface area contributed by atoms with Crippen molar-refractivity contribution in [2.24, 2.45) is 5.73 Å². The normalized spacial score (nSPS) is 16.7. The summed E-state index contributed by atoms with van der Waals surface area (Å²) in [7, 11) is 0. The summed E-state index contributed by atoms with van der Waals surface area (Å²) in [5.74, 6) is 1.92. The molecule has 0 atom stereocenters. The van der Waals surface area contributed by atoms with Crippen LogP contribution in [0.4, 0.5) is 0 Å². The highest BCUT2D eigenvalue weighted by Gasteiger charge is 2.19. The molecule has 17 heavy (non-hydrogen) atoms. The Bertz CT molecular complexity index is 373. The van der Waals surface area contributed by atoms with Gasteiger partial charge in [0.25, 0.3) is 0 Å². The zero-order valence-corrected chi connectivity index (χ0v) is 10.6. The van der Waals surface area contributed by atoms with Crippen LogP contribution in [0.2, 0.25) is 0 Å². The number of aromatic nitrogens is 2. The van der Waals surface area contributed by atoms with E-state index in [0.717, 1.165) is 30.1 Å². The molecule has 94 valence electrons. The predicted molar refractivity (Wildman–Crippen MR) is 66.9 cm³/mol. The van der Waals surface area contributed by atoms with Crippen molar-refractivity contribution >= 4 is 0 Å². The summed E-state index contributed by atoms with van der Waals surface area (Å²) in [6.45, 7) is 4.56. The predicted octanol–water partition coefficient (Wildman–Crippen LogP) is 2.38. The molecule has 1 aliphatic rings. The van der Waals surface area contributed by atoms with Gasteiger partial charge in [-0.15, -0.1) is 0 Å². The molecule has 4 heteroatoms. The summed E-state index contributed by atoms with van der Waals surface area (Å²) in [5, 5.41) is 0. The van der Waals surface area contributed by atoms with Gasteiger partial charge in [-0.05, 0) is 25.7 Å². The zero-order chi connectivity index (χ0) is 12.3. The van der Waals surface area contributed by atoms with Gasteiger partial charge in [0.05, 0.1) is 18.0 Å². The van der Waals surface area contributed by atoms with Crippen molar-refractivity contribution in [3.05, 3.63) is 17.7 Å². The first kappa shape index (κ1) is 12.3. The fourth-order valence-corrected chi connectivity index (χ4v) is 2.13. The Morgan fingerprint density at radius 1 is 1.41 bits per heavy atom. The van der Waals surface area contributed by atoms with E-state index in [2.05, 4.69) is 23.8 Å². The van der Waals surface area contributed by atoms with Crippen LogP contribution in [0.1, 0.15) is 57.0 Å². The third-order valence-corrected chi connectivity index (χ3v) is 3.15. The lowest BCUT2D eigenvalue weighted by Gasteiger charge is -2.16. The Morgan fingerprint density at radius 2 is 2.12 bits per heavy atom. The van der Waals surface area contributed by atoms with E-state index >= 15 is 0 Å². The first-order valence-electron chi connectivity index (χ1n) is 6.43. The molecule has 1 aromatic rings. The Morgan fingerprint density at radius 3 is 2.71 bits per heavy atom. The van der Waals surface area contributed by atoms with Gasteiger partial charge in [0.1, 0.15) is 5.82 Å². The van der Waals surface area contributed by atoms with Gasteiger partial charge in [0, 0.05) is 12.5 Å². The first-order valence-corrected chi connectivity index (χ1v) is 6.43. The molecule has 0 aliphatic heterocycles. The second-order valence-corrected chi connectivity index (χ2v) is 4.92.